The first-order chi connectivity index (χ1) is 58.4. The van der Waals surface area contributed by atoms with Crippen molar-refractivity contribution in [2.75, 3.05) is 0 Å². The third kappa shape index (κ3) is 20.3. The summed E-state index contributed by atoms with van der Waals surface area (Å²) in [6.45, 7) is 6.31. The van der Waals surface area contributed by atoms with E-state index in [1.807, 2.05) is 6.07 Å². The number of carbonyl (C=O) groups excluding carboxylic acids is 3. The van der Waals surface area contributed by atoms with Gasteiger partial charge in [-0.3, -0.25) is 60.4 Å². The quantitative estimate of drug-likeness (QED) is 0.0401. The first-order valence-electron chi connectivity index (χ1n) is 37.8. The van der Waals surface area contributed by atoms with Crippen molar-refractivity contribution >= 4 is 131 Å². The summed E-state index contributed by atoms with van der Waals surface area (Å²) in [4.78, 5) is 99.9. The second-order valence-corrected chi connectivity index (χ2v) is 31.7. The number of carbonyl (C=O) groups is 4. The third-order valence-corrected chi connectivity index (χ3v) is 24.0. The Morgan fingerprint density at radius 3 is 0.960 bits per heavy atom. The fourth-order valence-electron chi connectivity index (χ4n) is 14.8. The molecule has 0 fully saturated rings. The maximum Gasteiger partial charge on any atom is 0.762 e. The van der Waals surface area contributed by atoms with Crippen LogP contribution in [0.4, 0.5) is 48.1 Å². The van der Waals surface area contributed by atoms with E-state index in [0.717, 1.165) is 21.8 Å². The molecule has 3 N–H and O–H groups in total. The molecule has 0 aliphatic rings. The number of carboxylic acid groups (broad SMARTS) is 1. The number of aromatic nitrogens is 12. The Bertz CT molecular complexity index is 7130. The summed E-state index contributed by atoms with van der Waals surface area (Å²) in [6.07, 6.45) is 4.97. The Morgan fingerprint density at radius 1 is 0.379 bits per heavy atom. The Hall–Kier alpha value is -13.1. The predicted octanol–water partition coefficient (Wildman–Crippen LogP) is 6.36. The van der Waals surface area contributed by atoms with Crippen LogP contribution >= 0.6 is 0 Å². The molecule has 0 saturated heterocycles. The zero-order chi connectivity index (χ0) is 88.9. The van der Waals surface area contributed by atoms with Crippen LogP contribution in [0.5, 0.6) is 0 Å². The van der Waals surface area contributed by atoms with Gasteiger partial charge in [0, 0.05) is 95.7 Å². The number of benzene rings is 8. The molecule has 16 rings (SSSR count). The van der Waals surface area contributed by atoms with E-state index in [4.69, 9.17) is 15.2 Å². The number of ketones is 3. The average Bonchev–Trinajstić information content (AvgIpc) is 1.58. The number of halogens is 13. The number of rotatable bonds is 21. The molecular weight excluding hydrogens is 1750 g/mol. The summed E-state index contributed by atoms with van der Waals surface area (Å²) in [5.74, 6) is -6.45. The van der Waals surface area contributed by atoms with Crippen LogP contribution in [0, 0.1) is 74.4 Å². The molecule has 0 bridgehead atoms. The van der Waals surface area contributed by atoms with Crippen LogP contribution in [-0.4, -0.2) is 111 Å². The van der Waals surface area contributed by atoms with Gasteiger partial charge in [0.05, 0.1) is 74.3 Å². The van der Waals surface area contributed by atoms with Crippen molar-refractivity contribution in [2.24, 2.45) is 28.2 Å². The fraction of sp³-hybridized carbons (Fsp3) is 0.209. The van der Waals surface area contributed by atoms with Gasteiger partial charge in [-0.2, -0.15) is 20.4 Å². The molecule has 8 aromatic carbocycles. The van der Waals surface area contributed by atoms with Gasteiger partial charge in [-0.1, -0.05) is 18.2 Å². The van der Waals surface area contributed by atoms with Crippen molar-refractivity contribution in [2.45, 2.75) is 91.9 Å². The van der Waals surface area contributed by atoms with Crippen molar-refractivity contribution in [3.05, 3.63) is 293 Å². The molecule has 642 valence electrons. The standard InChI is InChI=1S/C30H27F2IN3O2.C21H18BF2N3O4.C21H16F3N3O2.C14H12FN3O3.BF3.FH/c1-17-11-18(2)28(19(3)12-17)33-22-7-5-20(26(32)15-22)13-23(37)9-10-36-27-14-21(31)6-8-24(27)29-25(30(36)38)16-34-35(29)4;1-26-20-16-5-4-14(23)10-19(16)27(21(29)17(20)11-25-26)7-6-15(28)8-12-2-3-13(22(30)31)9-18(12)24;1-26-20-16-5-4-14(23)10-19(16)27(21(29)17(20)11-25-26)7-6-15(28)8-12-2-3-13(22)9-18(12)24;1-17-13-9-3-2-8(15)6-11(9)18(5-4-12(19)20)14(21)10(13)7-16-17;2-1(3)4;/h5-8,11-12,14-16H,9-10,13H2,1-4H3;2-5,9-11,30-31H,6-8H2,1H3;2-5,9-11H,6-8H2,1H3;2-3,6-7H,4-5H2,1H3,(H,19,20);;1H/q-1;;;;;/p-1. The number of aliphatic carboxylic acids is 1. The van der Waals surface area contributed by atoms with Gasteiger partial charge in [0.25, 0.3) is 16.7 Å². The number of fused-ring (bicyclic) bond motifs is 12. The van der Waals surface area contributed by atoms with Crippen LogP contribution in [0.15, 0.2) is 183 Å². The Balaban J connectivity index is 0.000000161. The van der Waals surface area contributed by atoms with Crippen LogP contribution in [-0.2, 0) is 92.8 Å². The number of hydrogen-bond acceptors (Lipinski definition) is 14. The van der Waals surface area contributed by atoms with Gasteiger partial charge in [0.15, 0.2) is 0 Å². The average molecular weight is 1830 g/mol. The molecule has 0 aliphatic carbocycles. The van der Waals surface area contributed by atoms with Gasteiger partial charge in [-0.05, 0) is 89.4 Å². The van der Waals surface area contributed by atoms with Crippen LogP contribution in [0.2, 0.25) is 0 Å². The van der Waals surface area contributed by atoms with Gasteiger partial charge in [-0.25, -0.2) is 30.7 Å². The molecule has 0 atom stereocenters. The van der Waals surface area contributed by atoms with E-state index < -0.39 is 82.6 Å². The van der Waals surface area contributed by atoms with Crippen LogP contribution < -0.4 is 53.6 Å². The first kappa shape index (κ1) is 91.6. The number of pyridine rings is 4. The summed E-state index contributed by atoms with van der Waals surface area (Å²) in [6, 6.07) is 32.7. The monoisotopic (exact) mass is 1830 g/mol. The number of carboxylic acids is 1. The molecule has 0 radical (unpaired) electrons. The van der Waals surface area contributed by atoms with E-state index in [1.165, 1.54) is 130 Å². The second kappa shape index (κ2) is 39.0. The summed E-state index contributed by atoms with van der Waals surface area (Å²) >= 11 is -0.554. The summed E-state index contributed by atoms with van der Waals surface area (Å²) in [7, 11) is 1.33. The minimum Gasteiger partial charge on any atom is -1.00 e. The molecule has 0 aliphatic heterocycles. The number of hydrogen-bond donors (Lipinski definition) is 3. The van der Waals surface area contributed by atoms with E-state index in [2.05, 4.69) is 53.3 Å². The molecule has 0 unspecified atom stereocenters. The number of aryl methyl sites for hydroxylation is 11. The van der Waals surface area contributed by atoms with E-state index >= 15 is 0 Å². The van der Waals surface area contributed by atoms with Crippen LogP contribution in [0.3, 0.4) is 0 Å². The number of Topliss-reactive ketones (excluding diaryl/α,β-unsaturated/α-hetero) is 3. The molecule has 16 aromatic rings. The molecule has 124 heavy (non-hydrogen) atoms. The van der Waals surface area contributed by atoms with Crippen LogP contribution in [0.1, 0.15) is 59.1 Å². The summed E-state index contributed by atoms with van der Waals surface area (Å²) < 4.78 is 154. The molecule has 8 heterocycles. The van der Waals surface area contributed by atoms with Gasteiger partial charge >= 0.3 is 223 Å². The van der Waals surface area contributed by atoms with E-state index in [-0.39, 0.29) is 138 Å². The second-order valence-electron chi connectivity index (χ2n) is 28.9. The normalized spacial score (nSPS) is 11.2. The molecular formula is C86H73B2F12IN12O11-2. The number of nitrogens with zero attached hydrogens (tertiary/aromatic N) is 12. The van der Waals surface area contributed by atoms with Crippen molar-refractivity contribution in [1.29, 1.82) is 0 Å². The van der Waals surface area contributed by atoms with Gasteiger partial charge in [-0.15, -0.1) is 0 Å². The van der Waals surface area contributed by atoms with Crippen LogP contribution in [0.25, 0.3) is 87.2 Å². The molecule has 0 amide bonds. The van der Waals surface area contributed by atoms with Gasteiger partial charge in [0.2, 0.25) is 0 Å². The molecule has 0 spiro atoms. The van der Waals surface area contributed by atoms with Crippen molar-refractivity contribution < 1.29 is 108 Å². The van der Waals surface area contributed by atoms with E-state index in [0.29, 0.717) is 92.8 Å². The largest absolute Gasteiger partial charge is 1.00 e. The minimum atomic E-state index is -3.67. The van der Waals surface area contributed by atoms with E-state index in [9.17, 15) is 86.4 Å². The summed E-state index contributed by atoms with van der Waals surface area (Å²) in [5, 5.41) is 47.6. The Kier molecular flexibility index (Phi) is 28.8. The topological polar surface area (TPSA) is 288 Å². The minimum absolute atomic E-state index is 0. The zero-order valence-corrected chi connectivity index (χ0v) is 69.1. The third-order valence-electron chi connectivity index (χ3n) is 20.4. The van der Waals surface area contributed by atoms with Gasteiger partial charge < -0.3 is 33.6 Å². The van der Waals surface area contributed by atoms with Gasteiger partial charge in [0.1, 0.15) is 46.5 Å². The van der Waals surface area contributed by atoms with Crippen molar-refractivity contribution in [1.82, 2.24) is 57.4 Å². The molecule has 8 aromatic heterocycles. The molecule has 23 nitrogen and oxygen atoms in total. The van der Waals surface area contributed by atoms with Crippen molar-refractivity contribution in [3.8, 4) is 0 Å². The first-order valence-corrected chi connectivity index (χ1v) is 39.9. The predicted molar refractivity (Wildman–Crippen MR) is 438 cm³/mol. The SMILES string of the molecule is Cc1cc(C)c([I-]c2ccc(CC(=O)CCn3c(=O)c4cnn(C)c4c4ccc(F)cc43)c(F)c2)c(C)c1.Cn1ncc2c(=O)n(CCC(=O)Cc3ccc(B(O)O)cc3F)c3cc(F)ccc3c21.Cn1ncc2c(=O)n(CCC(=O)Cc3ccc(F)cc3F)c3cc(F)ccc3c21.Cn1ncc2c(=O)n(CCC(=O)O)c3cc(F)ccc3c21.FB(F)F.[F-]. The molecule has 0 saturated carbocycles. The maximum atomic E-state index is 15.0. The zero-order valence-electron chi connectivity index (χ0n) is 66.9. The van der Waals surface area contributed by atoms with E-state index in [1.54, 1.807) is 83.3 Å². The Labute approximate surface area is 705 Å². The Morgan fingerprint density at radius 2 is 0.661 bits per heavy atom. The smallest absolute Gasteiger partial charge is 0.762 e. The maximum absolute atomic E-state index is 15.0. The fourth-order valence-corrected chi connectivity index (χ4v) is 17.3. The summed E-state index contributed by atoms with van der Waals surface area (Å²) in [5.41, 5.74) is 6.59. The molecule has 38 heteroatoms. The van der Waals surface area contributed by atoms with Crippen molar-refractivity contribution in [3.63, 3.8) is 0 Å².